The van der Waals surface area contributed by atoms with E-state index in [2.05, 4.69) is 49.6 Å². The third-order valence-electron chi connectivity index (χ3n) is 6.68. The molecule has 2 atom stereocenters. The first-order valence-electron chi connectivity index (χ1n) is 12.0. The SMILES string of the molecule is CC1CC(c2nc(Nc3cccc(-n4nnnc4SCC(F)(F)F)c3)nc(N)c2F)CC(C)N1C1CC1. The number of hydrogen-bond acceptors (Lipinski definition) is 9. The minimum atomic E-state index is -4.35. The molecule has 0 radical (unpaired) electrons. The molecule has 2 fully saturated rings. The Kier molecular flexibility index (Phi) is 6.96. The fraction of sp³-hybridized carbons (Fsp3) is 0.522. The van der Waals surface area contributed by atoms with Crippen molar-refractivity contribution in [3.05, 3.63) is 35.8 Å². The van der Waals surface area contributed by atoms with Crippen molar-refractivity contribution in [2.24, 2.45) is 0 Å². The third kappa shape index (κ3) is 5.79. The lowest BCUT2D eigenvalue weighted by Crippen LogP contribution is -2.47. The van der Waals surface area contributed by atoms with E-state index in [1.54, 1.807) is 24.3 Å². The van der Waals surface area contributed by atoms with E-state index in [-0.39, 0.29) is 22.8 Å². The van der Waals surface area contributed by atoms with Gasteiger partial charge < -0.3 is 11.1 Å². The Morgan fingerprint density at radius 3 is 2.54 bits per heavy atom. The van der Waals surface area contributed by atoms with Gasteiger partial charge in [0, 0.05) is 29.7 Å². The zero-order valence-corrected chi connectivity index (χ0v) is 21.1. The molecule has 0 amide bonds. The second-order valence-electron chi connectivity index (χ2n) is 9.63. The molecule has 37 heavy (non-hydrogen) atoms. The number of tetrazole rings is 1. The second kappa shape index (κ2) is 10.0. The number of rotatable bonds is 7. The van der Waals surface area contributed by atoms with Gasteiger partial charge in [-0.05, 0) is 68.2 Å². The maximum absolute atomic E-state index is 15.1. The molecule has 5 rings (SSSR count). The fourth-order valence-electron chi connectivity index (χ4n) is 5.14. The van der Waals surface area contributed by atoms with Gasteiger partial charge >= 0.3 is 6.18 Å². The molecule has 0 bridgehead atoms. The van der Waals surface area contributed by atoms with Crippen LogP contribution in [0.1, 0.15) is 51.1 Å². The first kappa shape index (κ1) is 25.6. The Morgan fingerprint density at radius 2 is 1.86 bits per heavy atom. The number of alkyl halides is 3. The molecular formula is C23H27F4N9S. The van der Waals surface area contributed by atoms with Crippen molar-refractivity contribution in [1.82, 2.24) is 35.1 Å². The van der Waals surface area contributed by atoms with Crippen LogP contribution in [-0.4, -0.2) is 65.1 Å². The van der Waals surface area contributed by atoms with Crippen LogP contribution in [-0.2, 0) is 0 Å². The van der Waals surface area contributed by atoms with Gasteiger partial charge in [-0.2, -0.15) is 22.8 Å². The van der Waals surface area contributed by atoms with Crippen LogP contribution in [0.5, 0.6) is 0 Å². The lowest BCUT2D eigenvalue weighted by Gasteiger charge is -2.43. The number of benzene rings is 1. The Bertz CT molecular complexity index is 1250. The molecule has 2 aromatic heterocycles. The summed E-state index contributed by atoms with van der Waals surface area (Å²) in [5.41, 5.74) is 7.18. The number of nitrogens with zero attached hydrogens (tertiary/aromatic N) is 7. The summed E-state index contributed by atoms with van der Waals surface area (Å²) in [5.74, 6) is -1.90. The smallest absolute Gasteiger partial charge is 0.381 e. The molecule has 1 aliphatic carbocycles. The molecule has 9 nitrogen and oxygen atoms in total. The first-order valence-corrected chi connectivity index (χ1v) is 13.0. The van der Waals surface area contributed by atoms with Crippen LogP contribution >= 0.6 is 11.8 Å². The van der Waals surface area contributed by atoms with E-state index in [1.165, 1.54) is 17.5 Å². The van der Waals surface area contributed by atoms with Gasteiger partial charge in [0.2, 0.25) is 11.1 Å². The molecule has 0 spiro atoms. The molecule has 1 aliphatic heterocycles. The van der Waals surface area contributed by atoms with E-state index < -0.39 is 17.7 Å². The zero-order chi connectivity index (χ0) is 26.3. The molecule has 1 saturated carbocycles. The van der Waals surface area contributed by atoms with Crippen LogP contribution in [0.15, 0.2) is 29.4 Å². The Hall–Kier alpha value is -3.00. The largest absolute Gasteiger partial charge is 0.398 e. The van der Waals surface area contributed by atoms with Crippen molar-refractivity contribution in [3.63, 3.8) is 0 Å². The van der Waals surface area contributed by atoms with Crippen molar-refractivity contribution in [2.75, 3.05) is 16.8 Å². The van der Waals surface area contributed by atoms with Crippen LogP contribution in [0.2, 0.25) is 0 Å². The average Bonchev–Trinajstić information content (AvgIpc) is 3.54. The topological polar surface area (TPSA) is 111 Å². The number of likely N-dealkylation sites (tertiary alicyclic amines) is 1. The van der Waals surface area contributed by atoms with Crippen LogP contribution in [0.3, 0.4) is 0 Å². The highest BCUT2D eigenvalue weighted by molar-refractivity contribution is 7.99. The average molecular weight is 538 g/mol. The molecule has 198 valence electrons. The maximum atomic E-state index is 15.1. The fourth-order valence-corrected chi connectivity index (χ4v) is 5.80. The number of halogens is 4. The molecule has 3 heterocycles. The number of hydrogen-bond donors (Lipinski definition) is 2. The molecule has 1 aromatic carbocycles. The van der Waals surface area contributed by atoms with E-state index >= 15 is 4.39 Å². The molecule has 3 aromatic rings. The van der Waals surface area contributed by atoms with E-state index in [9.17, 15) is 13.2 Å². The van der Waals surface area contributed by atoms with Crippen molar-refractivity contribution >= 4 is 29.2 Å². The molecule has 14 heteroatoms. The normalized spacial score (nSPS) is 22.8. The molecular weight excluding hydrogens is 510 g/mol. The zero-order valence-electron chi connectivity index (χ0n) is 20.3. The highest BCUT2D eigenvalue weighted by Gasteiger charge is 2.41. The summed E-state index contributed by atoms with van der Waals surface area (Å²) < 4.78 is 54.3. The van der Waals surface area contributed by atoms with Crippen LogP contribution < -0.4 is 11.1 Å². The number of nitrogens with two attached hydrogens (primary N) is 1. The Labute approximate surface area is 215 Å². The summed E-state index contributed by atoms with van der Waals surface area (Å²) in [6.45, 7) is 4.35. The lowest BCUT2D eigenvalue weighted by atomic mass is 9.84. The van der Waals surface area contributed by atoms with Crippen LogP contribution in [0, 0.1) is 5.82 Å². The first-order chi connectivity index (χ1) is 17.6. The molecule has 2 aliphatic rings. The summed E-state index contributed by atoms with van der Waals surface area (Å²) in [6.07, 6.45) is -0.364. The monoisotopic (exact) mass is 537 g/mol. The van der Waals surface area contributed by atoms with Gasteiger partial charge in [0.1, 0.15) is 0 Å². The quantitative estimate of drug-likeness (QED) is 0.328. The number of anilines is 3. The third-order valence-corrected chi connectivity index (χ3v) is 7.66. The summed E-state index contributed by atoms with van der Waals surface area (Å²) in [4.78, 5) is 11.1. The van der Waals surface area contributed by atoms with E-state index in [1.807, 2.05) is 0 Å². The minimum absolute atomic E-state index is 0.000169. The van der Waals surface area contributed by atoms with Crippen molar-refractivity contribution in [3.8, 4) is 5.69 Å². The number of aromatic nitrogens is 6. The van der Waals surface area contributed by atoms with E-state index in [4.69, 9.17) is 5.73 Å². The van der Waals surface area contributed by atoms with Gasteiger partial charge in [-0.25, -0.2) is 9.37 Å². The standard InChI is InChI=1S/C23H27F4N9S/c1-12-8-14(9-13(2)35(12)16-6-7-16)19-18(24)20(28)31-21(30-19)29-15-4-3-5-17(10-15)36-22(32-33-34-36)37-11-23(25,26)27/h3-5,10,12-14,16H,6-9,11H2,1-2H3,(H3,28,29,30,31). The Balaban J connectivity index is 1.36. The van der Waals surface area contributed by atoms with Gasteiger partial charge in [0.05, 0.1) is 17.1 Å². The highest BCUT2D eigenvalue weighted by Crippen LogP contribution is 2.42. The van der Waals surface area contributed by atoms with Crippen LogP contribution in [0.25, 0.3) is 5.69 Å². The predicted octanol–water partition coefficient (Wildman–Crippen LogP) is 4.69. The summed E-state index contributed by atoms with van der Waals surface area (Å²) in [7, 11) is 0. The molecule has 1 saturated heterocycles. The van der Waals surface area contributed by atoms with Gasteiger partial charge in [-0.1, -0.05) is 17.8 Å². The summed E-state index contributed by atoms with van der Waals surface area (Å²) in [6, 6.07) is 7.94. The Morgan fingerprint density at radius 1 is 1.14 bits per heavy atom. The van der Waals surface area contributed by atoms with Gasteiger partial charge in [-0.3, -0.25) is 4.90 Å². The van der Waals surface area contributed by atoms with Crippen molar-refractivity contribution in [2.45, 2.75) is 74.9 Å². The number of nitrogens with one attached hydrogen (secondary N) is 1. The second-order valence-corrected chi connectivity index (χ2v) is 10.6. The summed E-state index contributed by atoms with van der Waals surface area (Å²) in [5, 5.41) is 14.0. The van der Waals surface area contributed by atoms with Gasteiger partial charge in [-0.15, -0.1) is 5.10 Å². The van der Waals surface area contributed by atoms with Crippen molar-refractivity contribution in [1.29, 1.82) is 0 Å². The minimum Gasteiger partial charge on any atom is -0.381 e. The van der Waals surface area contributed by atoms with Gasteiger partial charge in [0.15, 0.2) is 11.6 Å². The van der Waals surface area contributed by atoms with Crippen molar-refractivity contribution < 1.29 is 17.6 Å². The van der Waals surface area contributed by atoms with E-state index in [0.29, 0.717) is 47.0 Å². The van der Waals surface area contributed by atoms with E-state index in [0.717, 1.165) is 12.8 Å². The molecule has 3 N–H and O–H groups in total. The lowest BCUT2D eigenvalue weighted by molar-refractivity contribution is -0.105. The number of piperidine rings is 1. The predicted molar refractivity (Wildman–Crippen MR) is 131 cm³/mol. The van der Waals surface area contributed by atoms with Gasteiger partial charge in [0.25, 0.3) is 0 Å². The maximum Gasteiger partial charge on any atom is 0.398 e. The number of thioether (sulfide) groups is 1. The van der Waals surface area contributed by atoms with Crippen LogP contribution in [0.4, 0.5) is 35.0 Å². The highest BCUT2D eigenvalue weighted by atomic mass is 32.2. The summed E-state index contributed by atoms with van der Waals surface area (Å²) >= 11 is 0.488. The molecule has 2 unspecified atom stereocenters. The number of nitrogen functional groups attached to an aromatic ring is 1.